The lowest BCUT2D eigenvalue weighted by Crippen LogP contribution is -2.41. The number of allylic oxidation sites excluding steroid dienone is 4. The smallest absolute Gasteiger partial charge is 0.270 e. The number of carbonyl (C=O) groups excluding carboxylic acids is 2. The lowest BCUT2D eigenvalue weighted by Gasteiger charge is -2.33. The van der Waals surface area contributed by atoms with Crippen LogP contribution in [0.15, 0.2) is 63.7 Å². The number of halogens is 1. The van der Waals surface area contributed by atoms with Crippen molar-refractivity contribution in [2.75, 3.05) is 13.1 Å². The van der Waals surface area contributed by atoms with Crippen LogP contribution in [-0.2, 0) is 9.59 Å². The molecule has 1 aliphatic carbocycles. The molecule has 3 aliphatic rings. The number of hydrogen-bond donors (Lipinski definition) is 0. The predicted molar refractivity (Wildman–Crippen MR) is 105 cm³/mol. The second kappa shape index (κ2) is 6.92. The van der Waals surface area contributed by atoms with Crippen molar-refractivity contribution in [2.45, 2.75) is 18.8 Å². The first kappa shape index (κ1) is 17.7. The third-order valence-corrected chi connectivity index (χ3v) is 5.73. The Hall–Kier alpha value is -3.35. The number of rotatable bonds is 2. The molecule has 7 heteroatoms. The Morgan fingerprint density at radius 1 is 1.21 bits per heavy atom. The Kier molecular flexibility index (Phi) is 4.23. The summed E-state index contributed by atoms with van der Waals surface area (Å²) < 4.78 is 18.7. The Morgan fingerprint density at radius 2 is 2.03 bits per heavy atom. The molecule has 0 bridgehead atoms. The van der Waals surface area contributed by atoms with E-state index in [-0.39, 0.29) is 23.6 Å². The molecule has 2 aliphatic heterocycles. The van der Waals surface area contributed by atoms with Gasteiger partial charge in [0.15, 0.2) is 5.58 Å². The lowest BCUT2D eigenvalue weighted by atomic mass is 9.86. The first-order valence-corrected chi connectivity index (χ1v) is 9.63. The van der Waals surface area contributed by atoms with Crippen molar-refractivity contribution in [1.29, 1.82) is 0 Å². The molecule has 1 saturated heterocycles. The van der Waals surface area contributed by atoms with Crippen LogP contribution >= 0.6 is 0 Å². The average molecular weight is 391 g/mol. The van der Waals surface area contributed by atoms with Gasteiger partial charge in [-0.1, -0.05) is 23.4 Å². The van der Waals surface area contributed by atoms with Crippen molar-refractivity contribution in [3.8, 4) is 0 Å². The van der Waals surface area contributed by atoms with Gasteiger partial charge in [-0.05, 0) is 31.1 Å². The van der Waals surface area contributed by atoms with Crippen molar-refractivity contribution in [3.63, 3.8) is 0 Å². The van der Waals surface area contributed by atoms with Gasteiger partial charge in [0.25, 0.3) is 11.8 Å². The second-order valence-corrected chi connectivity index (χ2v) is 7.47. The van der Waals surface area contributed by atoms with Crippen LogP contribution in [0, 0.1) is 11.7 Å². The lowest BCUT2D eigenvalue weighted by molar-refractivity contribution is -0.128. The Morgan fingerprint density at radius 3 is 2.86 bits per heavy atom. The topological polar surface area (TPSA) is 75.8 Å². The molecule has 1 unspecified atom stereocenters. The average Bonchev–Trinajstić information content (AvgIpc) is 3.15. The van der Waals surface area contributed by atoms with Gasteiger partial charge >= 0.3 is 0 Å². The van der Waals surface area contributed by atoms with Gasteiger partial charge in [0, 0.05) is 42.1 Å². The molecule has 1 aromatic heterocycles. The van der Waals surface area contributed by atoms with Crippen LogP contribution in [0.2, 0.25) is 0 Å². The molecule has 146 valence electrons. The molecule has 0 saturated carbocycles. The standard InChI is InChI=1S/C22H18FN3O3/c23-14-5-6-16-19(11-14)29-25-21(16)13-7-9-26(10-8-13)22(28)17-12-20(27)24-18-4-2-1-3-15(17)18/h1-6,11-13,15H,7-10H2. The van der Waals surface area contributed by atoms with Gasteiger partial charge in [0.05, 0.1) is 17.3 Å². The molecule has 0 spiro atoms. The number of hydrogen-bond acceptors (Lipinski definition) is 4. The molecule has 29 heavy (non-hydrogen) atoms. The largest absolute Gasteiger partial charge is 0.356 e. The number of likely N-dealkylation sites (tertiary alicyclic amines) is 1. The summed E-state index contributed by atoms with van der Waals surface area (Å²) in [6.07, 6.45) is 10.2. The van der Waals surface area contributed by atoms with E-state index in [0.717, 1.165) is 23.9 Å². The summed E-state index contributed by atoms with van der Waals surface area (Å²) in [5, 5.41) is 4.97. The van der Waals surface area contributed by atoms with Gasteiger partial charge in [0.2, 0.25) is 0 Å². The molecule has 1 aromatic carbocycles. The van der Waals surface area contributed by atoms with E-state index in [1.807, 2.05) is 18.2 Å². The first-order valence-electron chi connectivity index (χ1n) is 9.63. The normalized spacial score (nSPS) is 21.9. The van der Waals surface area contributed by atoms with Gasteiger partial charge < -0.3 is 9.42 Å². The van der Waals surface area contributed by atoms with Gasteiger partial charge in [0.1, 0.15) is 5.82 Å². The van der Waals surface area contributed by atoms with E-state index in [9.17, 15) is 14.0 Å². The summed E-state index contributed by atoms with van der Waals surface area (Å²) in [4.78, 5) is 30.8. The fourth-order valence-corrected chi connectivity index (χ4v) is 4.24. The Bertz CT molecular complexity index is 1130. The molecule has 5 rings (SSSR count). The summed E-state index contributed by atoms with van der Waals surface area (Å²) in [7, 11) is 0. The zero-order valence-electron chi connectivity index (χ0n) is 15.5. The van der Waals surface area contributed by atoms with Crippen LogP contribution in [0.4, 0.5) is 4.39 Å². The van der Waals surface area contributed by atoms with Gasteiger partial charge in [-0.2, -0.15) is 0 Å². The molecule has 2 amide bonds. The van der Waals surface area contributed by atoms with Gasteiger partial charge in [-0.3, -0.25) is 9.59 Å². The number of benzene rings is 1. The van der Waals surface area contributed by atoms with Crippen molar-refractivity contribution in [2.24, 2.45) is 10.9 Å². The SMILES string of the molecule is O=C1C=C(C(=O)N2CCC(c3noc4cc(F)ccc34)CC2)C2C=CC=CC2=N1. The maximum Gasteiger partial charge on any atom is 0.270 e. The number of aliphatic imine (C=N–C) groups is 1. The zero-order valence-corrected chi connectivity index (χ0v) is 15.5. The Labute approximate surface area is 166 Å². The predicted octanol–water partition coefficient (Wildman–Crippen LogP) is 3.32. The number of carbonyl (C=O) groups is 2. The van der Waals surface area contributed by atoms with Crippen LogP contribution in [0.3, 0.4) is 0 Å². The zero-order chi connectivity index (χ0) is 20.0. The monoisotopic (exact) mass is 391 g/mol. The molecule has 1 fully saturated rings. The molecular formula is C22H18FN3O3. The maximum atomic E-state index is 13.4. The maximum absolute atomic E-state index is 13.4. The summed E-state index contributed by atoms with van der Waals surface area (Å²) in [6.45, 7) is 1.12. The second-order valence-electron chi connectivity index (χ2n) is 7.47. The van der Waals surface area contributed by atoms with E-state index in [0.29, 0.717) is 30.0 Å². The van der Waals surface area contributed by atoms with Crippen molar-refractivity contribution in [3.05, 3.63) is 65.7 Å². The first-order chi connectivity index (χ1) is 14.1. The van der Waals surface area contributed by atoms with E-state index in [4.69, 9.17) is 4.52 Å². The molecule has 2 aromatic rings. The molecular weight excluding hydrogens is 373 g/mol. The highest BCUT2D eigenvalue weighted by Gasteiger charge is 2.33. The van der Waals surface area contributed by atoms with Gasteiger partial charge in [-0.25, -0.2) is 9.38 Å². The van der Waals surface area contributed by atoms with Crippen molar-refractivity contribution >= 4 is 28.5 Å². The third-order valence-electron chi connectivity index (χ3n) is 5.73. The highest BCUT2D eigenvalue weighted by Crippen LogP contribution is 2.34. The molecule has 0 radical (unpaired) electrons. The van der Waals surface area contributed by atoms with E-state index in [1.165, 1.54) is 18.2 Å². The molecule has 6 nitrogen and oxygen atoms in total. The summed E-state index contributed by atoms with van der Waals surface area (Å²) in [5.41, 5.74) is 2.34. The summed E-state index contributed by atoms with van der Waals surface area (Å²) in [6, 6.07) is 4.43. The highest BCUT2D eigenvalue weighted by atomic mass is 19.1. The number of amides is 2. The van der Waals surface area contributed by atoms with Crippen LogP contribution in [0.1, 0.15) is 24.5 Å². The minimum absolute atomic E-state index is 0.124. The Balaban J connectivity index is 1.31. The quantitative estimate of drug-likeness (QED) is 0.787. The fraction of sp³-hybridized carbons (Fsp3) is 0.273. The van der Waals surface area contributed by atoms with Crippen LogP contribution in [0.5, 0.6) is 0 Å². The van der Waals surface area contributed by atoms with Crippen molar-refractivity contribution < 1.29 is 18.5 Å². The molecule has 3 heterocycles. The van der Waals surface area contributed by atoms with E-state index < -0.39 is 5.91 Å². The highest BCUT2D eigenvalue weighted by molar-refractivity contribution is 6.18. The number of fused-ring (bicyclic) bond motifs is 2. The molecule has 0 N–H and O–H groups in total. The number of aromatic nitrogens is 1. The minimum atomic E-state index is -0.393. The van der Waals surface area contributed by atoms with E-state index in [1.54, 1.807) is 17.0 Å². The third kappa shape index (κ3) is 3.12. The molecule has 1 atom stereocenters. The van der Waals surface area contributed by atoms with Crippen LogP contribution < -0.4 is 0 Å². The number of piperidine rings is 1. The van der Waals surface area contributed by atoms with Crippen molar-refractivity contribution in [1.82, 2.24) is 10.1 Å². The summed E-state index contributed by atoms with van der Waals surface area (Å²) in [5.74, 6) is -0.998. The minimum Gasteiger partial charge on any atom is -0.356 e. The fourth-order valence-electron chi connectivity index (χ4n) is 4.24. The van der Waals surface area contributed by atoms with Crippen LogP contribution in [-0.4, -0.2) is 40.7 Å². The van der Waals surface area contributed by atoms with E-state index in [2.05, 4.69) is 10.1 Å². The number of dihydropyridines is 1. The summed E-state index contributed by atoms with van der Waals surface area (Å²) >= 11 is 0. The van der Waals surface area contributed by atoms with Gasteiger partial charge in [-0.15, -0.1) is 0 Å². The number of nitrogens with zero attached hydrogens (tertiary/aromatic N) is 3. The van der Waals surface area contributed by atoms with Crippen LogP contribution in [0.25, 0.3) is 11.0 Å². The van der Waals surface area contributed by atoms with E-state index >= 15 is 0 Å².